The molecule has 1 aliphatic carbocycles. The zero-order chi connectivity index (χ0) is 11.1. The predicted octanol–water partition coefficient (Wildman–Crippen LogP) is 2.63. The quantitative estimate of drug-likeness (QED) is 0.595. The van der Waals surface area contributed by atoms with Gasteiger partial charge in [0.15, 0.2) is 0 Å². The van der Waals surface area contributed by atoms with Gasteiger partial charge in [-0.15, -0.1) is 0 Å². The Hall–Kier alpha value is -0.0800. The largest absolute Gasteiger partial charge is 0.330 e. The molecule has 1 saturated carbocycles. The lowest BCUT2D eigenvalue weighted by molar-refractivity contribution is 0.229. The van der Waals surface area contributed by atoms with Crippen LogP contribution in [0.5, 0.6) is 0 Å². The molecule has 0 aromatic heterocycles. The van der Waals surface area contributed by atoms with Gasteiger partial charge in [0.25, 0.3) is 0 Å². The van der Waals surface area contributed by atoms with E-state index in [-0.39, 0.29) is 0 Å². The fourth-order valence-corrected chi connectivity index (χ4v) is 2.14. The van der Waals surface area contributed by atoms with Crippen molar-refractivity contribution in [3.8, 4) is 0 Å². The van der Waals surface area contributed by atoms with Gasteiger partial charge < -0.3 is 10.6 Å². The highest BCUT2D eigenvalue weighted by molar-refractivity contribution is 4.84. The Morgan fingerprint density at radius 2 is 1.80 bits per heavy atom. The minimum Gasteiger partial charge on any atom is -0.330 e. The smallest absolute Gasteiger partial charge is 0.00965 e. The summed E-state index contributed by atoms with van der Waals surface area (Å²) in [4.78, 5) is 2.70. The molecule has 2 N–H and O–H groups in total. The fourth-order valence-electron chi connectivity index (χ4n) is 2.14. The van der Waals surface area contributed by atoms with E-state index in [0.717, 1.165) is 18.5 Å². The van der Waals surface area contributed by atoms with Crippen LogP contribution in [0.3, 0.4) is 0 Å². The van der Waals surface area contributed by atoms with Gasteiger partial charge in [0, 0.05) is 12.6 Å². The van der Waals surface area contributed by atoms with Gasteiger partial charge in [-0.05, 0) is 44.7 Å². The number of hydrogen-bond donors (Lipinski definition) is 1. The first kappa shape index (κ1) is 13.0. The monoisotopic (exact) mass is 212 g/mol. The normalized spacial score (nSPS) is 16.6. The topological polar surface area (TPSA) is 29.3 Å². The van der Waals surface area contributed by atoms with Gasteiger partial charge in [-0.25, -0.2) is 0 Å². The summed E-state index contributed by atoms with van der Waals surface area (Å²) in [5, 5.41) is 0. The second-order valence-electron chi connectivity index (χ2n) is 5.32. The zero-order valence-corrected chi connectivity index (χ0v) is 10.5. The molecule has 0 unspecified atom stereocenters. The molecule has 1 fully saturated rings. The lowest BCUT2D eigenvalue weighted by atomic mass is 10.1. The summed E-state index contributed by atoms with van der Waals surface area (Å²) in [6, 6.07) is 0.932. The lowest BCUT2D eigenvalue weighted by Gasteiger charge is -2.23. The maximum Gasteiger partial charge on any atom is 0.00965 e. The van der Waals surface area contributed by atoms with Crippen molar-refractivity contribution in [1.82, 2.24) is 4.90 Å². The average Bonchev–Trinajstić information content (AvgIpc) is 2.98. The number of unbranched alkanes of at least 4 members (excludes halogenated alkanes) is 3. The molecule has 2 heteroatoms. The summed E-state index contributed by atoms with van der Waals surface area (Å²) in [5.74, 6) is 0.814. The predicted molar refractivity (Wildman–Crippen MR) is 67.0 cm³/mol. The standard InChI is InChI=1S/C13H28N2/c1-12(2)11-15(13-7-8-13)10-6-4-3-5-9-14/h12-13H,3-11,14H2,1-2H3. The molecule has 0 saturated heterocycles. The van der Waals surface area contributed by atoms with E-state index in [1.165, 1.54) is 51.6 Å². The Bertz CT molecular complexity index is 153. The van der Waals surface area contributed by atoms with Crippen LogP contribution in [-0.4, -0.2) is 30.6 Å². The van der Waals surface area contributed by atoms with Crippen LogP contribution in [0, 0.1) is 5.92 Å². The van der Waals surface area contributed by atoms with Gasteiger partial charge in [-0.2, -0.15) is 0 Å². The molecule has 0 bridgehead atoms. The average molecular weight is 212 g/mol. The summed E-state index contributed by atoms with van der Waals surface area (Å²) in [6.45, 7) is 8.11. The molecule has 0 aromatic rings. The summed E-state index contributed by atoms with van der Waals surface area (Å²) in [6.07, 6.45) is 8.12. The van der Waals surface area contributed by atoms with Gasteiger partial charge >= 0.3 is 0 Å². The Balaban J connectivity index is 2.04. The number of rotatable bonds is 9. The first-order valence-corrected chi connectivity index (χ1v) is 6.68. The highest BCUT2D eigenvalue weighted by atomic mass is 15.2. The maximum absolute atomic E-state index is 5.48. The molecular formula is C13H28N2. The van der Waals surface area contributed by atoms with Crippen LogP contribution >= 0.6 is 0 Å². The second-order valence-corrected chi connectivity index (χ2v) is 5.32. The molecule has 90 valence electrons. The maximum atomic E-state index is 5.48. The zero-order valence-electron chi connectivity index (χ0n) is 10.5. The minimum atomic E-state index is 0.814. The third-order valence-corrected chi connectivity index (χ3v) is 3.06. The minimum absolute atomic E-state index is 0.814. The van der Waals surface area contributed by atoms with Crippen molar-refractivity contribution in [3.05, 3.63) is 0 Å². The first-order valence-electron chi connectivity index (χ1n) is 6.68. The Morgan fingerprint density at radius 3 is 2.33 bits per heavy atom. The molecular weight excluding hydrogens is 184 g/mol. The molecule has 2 nitrogen and oxygen atoms in total. The molecule has 0 heterocycles. The van der Waals surface area contributed by atoms with Crippen LogP contribution in [-0.2, 0) is 0 Å². The number of nitrogens with two attached hydrogens (primary N) is 1. The van der Waals surface area contributed by atoms with Gasteiger partial charge in [0.1, 0.15) is 0 Å². The molecule has 0 amide bonds. The number of nitrogens with zero attached hydrogens (tertiary/aromatic N) is 1. The van der Waals surface area contributed by atoms with E-state index < -0.39 is 0 Å². The van der Waals surface area contributed by atoms with Gasteiger partial charge in [0.2, 0.25) is 0 Å². The highest BCUT2D eigenvalue weighted by Crippen LogP contribution is 2.27. The first-order chi connectivity index (χ1) is 7.24. The van der Waals surface area contributed by atoms with Crippen molar-refractivity contribution < 1.29 is 0 Å². The Morgan fingerprint density at radius 1 is 1.13 bits per heavy atom. The summed E-state index contributed by atoms with van der Waals surface area (Å²) in [7, 11) is 0. The molecule has 0 aliphatic heterocycles. The third kappa shape index (κ3) is 6.16. The van der Waals surface area contributed by atoms with Gasteiger partial charge in [-0.1, -0.05) is 26.7 Å². The third-order valence-electron chi connectivity index (χ3n) is 3.06. The van der Waals surface area contributed by atoms with Crippen molar-refractivity contribution in [1.29, 1.82) is 0 Å². The molecule has 0 atom stereocenters. The van der Waals surface area contributed by atoms with Crippen molar-refractivity contribution in [2.24, 2.45) is 11.7 Å². The van der Waals surface area contributed by atoms with Crippen LogP contribution in [0.1, 0.15) is 52.4 Å². The van der Waals surface area contributed by atoms with Crippen LogP contribution < -0.4 is 5.73 Å². The molecule has 1 aliphatic rings. The molecule has 0 radical (unpaired) electrons. The summed E-state index contributed by atoms with van der Waals surface area (Å²) >= 11 is 0. The van der Waals surface area contributed by atoms with Crippen LogP contribution in [0.2, 0.25) is 0 Å². The molecule has 1 rings (SSSR count). The Labute approximate surface area is 95.2 Å². The van der Waals surface area contributed by atoms with E-state index in [2.05, 4.69) is 18.7 Å². The van der Waals surface area contributed by atoms with Gasteiger partial charge in [0.05, 0.1) is 0 Å². The lowest BCUT2D eigenvalue weighted by Crippen LogP contribution is -2.30. The van der Waals surface area contributed by atoms with Crippen molar-refractivity contribution in [2.45, 2.75) is 58.4 Å². The Kier molecular flexibility index (Phi) is 6.26. The van der Waals surface area contributed by atoms with Crippen LogP contribution in [0.15, 0.2) is 0 Å². The van der Waals surface area contributed by atoms with E-state index in [1.54, 1.807) is 0 Å². The van der Waals surface area contributed by atoms with E-state index in [1.807, 2.05) is 0 Å². The van der Waals surface area contributed by atoms with E-state index >= 15 is 0 Å². The number of hydrogen-bond acceptors (Lipinski definition) is 2. The second kappa shape index (κ2) is 7.24. The van der Waals surface area contributed by atoms with Crippen LogP contribution in [0.25, 0.3) is 0 Å². The summed E-state index contributed by atoms with van der Waals surface area (Å²) in [5.41, 5.74) is 5.48. The van der Waals surface area contributed by atoms with E-state index in [0.29, 0.717) is 0 Å². The van der Waals surface area contributed by atoms with Crippen LogP contribution in [0.4, 0.5) is 0 Å². The SMILES string of the molecule is CC(C)CN(CCCCCCN)C1CC1. The van der Waals surface area contributed by atoms with E-state index in [4.69, 9.17) is 5.73 Å². The fraction of sp³-hybridized carbons (Fsp3) is 1.00. The van der Waals surface area contributed by atoms with Crippen molar-refractivity contribution in [3.63, 3.8) is 0 Å². The molecule has 0 aromatic carbocycles. The molecule has 15 heavy (non-hydrogen) atoms. The van der Waals surface area contributed by atoms with E-state index in [9.17, 15) is 0 Å². The molecule has 0 spiro atoms. The van der Waals surface area contributed by atoms with Crippen molar-refractivity contribution >= 4 is 0 Å². The summed E-state index contributed by atoms with van der Waals surface area (Å²) < 4.78 is 0. The van der Waals surface area contributed by atoms with Gasteiger partial charge in [-0.3, -0.25) is 0 Å². The highest BCUT2D eigenvalue weighted by Gasteiger charge is 2.28. The van der Waals surface area contributed by atoms with Crippen molar-refractivity contribution in [2.75, 3.05) is 19.6 Å².